The molecule has 0 amide bonds. The van der Waals surface area contributed by atoms with Crippen molar-refractivity contribution >= 4 is 5.69 Å². The molecule has 0 spiro atoms. The minimum absolute atomic E-state index is 0.116. The van der Waals surface area contributed by atoms with E-state index >= 15 is 0 Å². The third-order valence-corrected chi connectivity index (χ3v) is 3.25. The van der Waals surface area contributed by atoms with Gasteiger partial charge in [-0.25, -0.2) is 4.98 Å². The van der Waals surface area contributed by atoms with E-state index in [2.05, 4.69) is 48.4 Å². The summed E-state index contributed by atoms with van der Waals surface area (Å²) in [7, 11) is 0. The van der Waals surface area contributed by atoms with Gasteiger partial charge in [0.2, 0.25) is 5.88 Å². The lowest BCUT2D eigenvalue weighted by Gasteiger charge is -2.14. The quantitative estimate of drug-likeness (QED) is 0.841. The Hall–Kier alpha value is -2.03. The fraction of sp³-hybridized carbons (Fsp3) is 0.389. The van der Waals surface area contributed by atoms with Crippen LogP contribution in [0.3, 0.4) is 0 Å². The van der Waals surface area contributed by atoms with E-state index in [4.69, 9.17) is 4.74 Å². The molecule has 0 atom stereocenters. The molecule has 0 bridgehead atoms. The minimum Gasteiger partial charge on any atom is -0.473 e. The minimum atomic E-state index is 0.116. The summed E-state index contributed by atoms with van der Waals surface area (Å²) in [5, 5.41) is 3.40. The normalized spacial score (nSPS) is 11.0. The molecule has 1 aromatic carbocycles. The summed E-state index contributed by atoms with van der Waals surface area (Å²) in [4.78, 5) is 4.28. The maximum absolute atomic E-state index is 5.71. The van der Waals surface area contributed by atoms with Crippen molar-refractivity contribution in [2.45, 2.75) is 46.3 Å². The fourth-order valence-corrected chi connectivity index (χ4v) is 2.06. The Morgan fingerprint density at radius 2 is 1.76 bits per heavy atom. The van der Waals surface area contributed by atoms with Crippen LogP contribution in [0.2, 0.25) is 0 Å². The van der Waals surface area contributed by atoms with Gasteiger partial charge >= 0.3 is 0 Å². The van der Waals surface area contributed by atoms with Gasteiger partial charge in [0, 0.05) is 12.7 Å². The van der Waals surface area contributed by atoms with Crippen LogP contribution in [-0.2, 0) is 6.54 Å². The van der Waals surface area contributed by atoms with E-state index in [1.807, 2.05) is 26.0 Å². The summed E-state index contributed by atoms with van der Waals surface area (Å²) in [5.74, 6) is 1.22. The standard InChI is InChI=1S/C18H24N2O/c1-13(2)16-9-7-15(8-10-16)12-20-17-6-5-11-19-18(17)21-14(3)4/h5-11,13-14,20H,12H2,1-4H3. The van der Waals surface area contributed by atoms with Gasteiger partial charge in [-0.15, -0.1) is 0 Å². The lowest BCUT2D eigenvalue weighted by Crippen LogP contribution is -2.10. The first-order valence-corrected chi connectivity index (χ1v) is 7.50. The zero-order valence-corrected chi connectivity index (χ0v) is 13.3. The number of hydrogen-bond acceptors (Lipinski definition) is 3. The van der Waals surface area contributed by atoms with E-state index in [0.29, 0.717) is 11.8 Å². The zero-order valence-electron chi connectivity index (χ0n) is 13.3. The maximum Gasteiger partial charge on any atom is 0.237 e. The Bertz CT molecular complexity index is 562. The number of ether oxygens (including phenoxy) is 1. The van der Waals surface area contributed by atoms with Gasteiger partial charge in [0.15, 0.2) is 0 Å². The summed E-state index contributed by atoms with van der Waals surface area (Å²) >= 11 is 0. The van der Waals surface area contributed by atoms with Gasteiger partial charge in [0.05, 0.1) is 11.8 Å². The van der Waals surface area contributed by atoms with Crippen LogP contribution in [0, 0.1) is 0 Å². The molecular formula is C18H24N2O. The third kappa shape index (κ3) is 4.48. The monoisotopic (exact) mass is 284 g/mol. The second-order valence-electron chi connectivity index (χ2n) is 5.77. The average Bonchev–Trinajstić information content (AvgIpc) is 2.46. The molecule has 112 valence electrons. The number of rotatable bonds is 6. The van der Waals surface area contributed by atoms with E-state index in [1.54, 1.807) is 6.20 Å². The lowest BCUT2D eigenvalue weighted by molar-refractivity contribution is 0.234. The molecule has 0 saturated heterocycles. The summed E-state index contributed by atoms with van der Waals surface area (Å²) in [5.41, 5.74) is 3.54. The van der Waals surface area contributed by atoms with Gasteiger partial charge in [0.25, 0.3) is 0 Å². The van der Waals surface area contributed by atoms with Crippen LogP contribution >= 0.6 is 0 Å². The van der Waals surface area contributed by atoms with Crippen molar-refractivity contribution in [2.24, 2.45) is 0 Å². The van der Waals surface area contributed by atoms with Crippen molar-refractivity contribution < 1.29 is 4.74 Å². The van der Waals surface area contributed by atoms with Gasteiger partial charge in [-0.1, -0.05) is 38.1 Å². The fourth-order valence-electron chi connectivity index (χ4n) is 2.06. The molecule has 0 aliphatic rings. The Labute approximate surface area is 127 Å². The molecule has 0 unspecified atom stereocenters. The van der Waals surface area contributed by atoms with Gasteiger partial charge in [-0.2, -0.15) is 0 Å². The molecule has 0 aliphatic heterocycles. The first-order chi connectivity index (χ1) is 10.1. The number of benzene rings is 1. The molecule has 0 fully saturated rings. The first-order valence-electron chi connectivity index (χ1n) is 7.50. The van der Waals surface area contributed by atoms with Crippen molar-refractivity contribution in [1.29, 1.82) is 0 Å². The zero-order chi connectivity index (χ0) is 15.2. The van der Waals surface area contributed by atoms with Crippen LogP contribution < -0.4 is 10.1 Å². The molecule has 1 N–H and O–H groups in total. The van der Waals surface area contributed by atoms with Gasteiger partial charge in [0.1, 0.15) is 0 Å². The van der Waals surface area contributed by atoms with Crippen LogP contribution in [-0.4, -0.2) is 11.1 Å². The van der Waals surface area contributed by atoms with Gasteiger partial charge in [-0.3, -0.25) is 0 Å². The molecule has 3 nitrogen and oxygen atoms in total. The summed E-state index contributed by atoms with van der Waals surface area (Å²) in [6, 6.07) is 12.6. The van der Waals surface area contributed by atoms with E-state index < -0.39 is 0 Å². The number of pyridine rings is 1. The third-order valence-electron chi connectivity index (χ3n) is 3.25. The van der Waals surface area contributed by atoms with Crippen molar-refractivity contribution in [3.63, 3.8) is 0 Å². The number of anilines is 1. The van der Waals surface area contributed by atoms with Crippen LogP contribution in [0.25, 0.3) is 0 Å². The number of nitrogens with one attached hydrogen (secondary N) is 1. The highest BCUT2D eigenvalue weighted by atomic mass is 16.5. The van der Waals surface area contributed by atoms with E-state index in [1.165, 1.54) is 11.1 Å². The largest absolute Gasteiger partial charge is 0.473 e. The van der Waals surface area contributed by atoms with Crippen molar-refractivity contribution in [3.05, 3.63) is 53.7 Å². The molecule has 0 saturated carbocycles. The number of aromatic nitrogens is 1. The van der Waals surface area contributed by atoms with E-state index in [-0.39, 0.29) is 6.10 Å². The molecule has 21 heavy (non-hydrogen) atoms. The maximum atomic E-state index is 5.71. The SMILES string of the molecule is CC(C)Oc1ncccc1NCc1ccc(C(C)C)cc1. The van der Waals surface area contributed by atoms with Crippen molar-refractivity contribution in [1.82, 2.24) is 4.98 Å². The van der Waals surface area contributed by atoms with Crippen molar-refractivity contribution in [2.75, 3.05) is 5.32 Å². The van der Waals surface area contributed by atoms with Crippen LogP contribution in [0.5, 0.6) is 5.88 Å². The van der Waals surface area contributed by atoms with Crippen LogP contribution in [0.4, 0.5) is 5.69 Å². The second kappa shape index (κ2) is 7.11. The topological polar surface area (TPSA) is 34.1 Å². The molecule has 1 aromatic heterocycles. The van der Waals surface area contributed by atoms with Crippen LogP contribution in [0.15, 0.2) is 42.6 Å². The highest BCUT2D eigenvalue weighted by Crippen LogP contribution is 2.22. The Morgan fingerprint density at radius 3 is 2.38 bits per heavy atom. The molecule has 3 heteroatoms. The van der Waals surface area contributed by atoms with E-state index in [9.17, 15) is 0 Å². The van der Waals surface area contributed by atoms with Crippen molar-refractivity contribution in [3.8, 4) is 5.88 Å². The molecule has 2 rings (SSSR count). The number of hydrogen-bond donors (Lipinski definition) is 1. The first kappa shape index (κ1) is 15.4. The summed E-state index contributed by atoms with van der Waals surface area (Å²) in [6.07, 6.45) is 1.87. The molecular weight excluding hydrogens is 260 g/mol. The number of nitrogens with zero attached hydrogens (tertiary/aromatic N) is 1. The summed E-state index contributed by atoms with van der Waals surface area (Å²) in [6.45, 7) is 9.18. The Kier molecular flexibility index (Phi) is 5.20. The highest BCUT2D eigenvalue weighted by Gasteiger charge is 2.06. The van der Waals surface area contributed by atoms with E-state index in [0.717, 1.165) is 12.2 Å². The molecule has 2 aromatic rings. The molecule has 0 aliphatic carbocycles. The Balaban J connectivity index is 2.02. The summed E-state index contributed by atoms with van der Waals surface area (Å²) < 4.78 is 5.71. The molecule has 0 radical (unpaired) electrons. The van der Waals surface area contributed by atoms with Crippen LogP contribution in [0.1, 0.15) is 44.7 Å². The molecule has 1 heterocycles. The second-order valence-corrected chi connectivity index (χ2v) is 5.77. The predicted molar refractivity (Wildman–Crippen MR) is 87.9 cm³/mol. The van der Waals surface area contributed by atoms with Gasteiger partial charge < -0.3 is 10.1 Å². The highest BCUT2D eigenvalue weighted by molar-refractivity contribution is 5.52. The average molecular weight is 284 g/mol. The smallest absolute Gasteiger partial charge is 0.237 e. The Morgan fingerprint density at radius 1 is 1.05 bits per heavy atom. The van der Waals surface area contributed by atoms with Gasteiger partial charge in [-0.05, 0) is 43.0 Å². The lowest BCUT2D eigenvalue weighted by atomic mass is 10.0. The predicted octanol–water partition coefficient (Wildman–Crippen LogP) is 4.60.